The van der Waals surface area contributed by atoms with Crippen LogP contribution >= 0.6 is 0 Å². The Bertz CT molecular complexity index is 542. The van der Waals surface area contributed by atoms with Gasteiger partial charge in [-0.05, 0) is 37.1 Å². The van der Waals surface area contributed by atoms with Gasteiger partial charge in [0, 0.05) is 35.8 Å². The third-order valence-electron chi connectivity index (χ3n) is 3.05. The summed E-state index contributed by atoms with van der Waals surface area (Å²) in [7, 11) is 0. The van der Waals surface area contributed by atoms with Crippen LogP contribution in [0.4, 0.5) is 0 Å². The van der Waals surface area contributed by atoms with E-state index in [1.54, 1.807) is 0 Å². The standard InChI is InChI=1S/C15H20N2O/c1-4-17(10-11(2)3)15(18)13-5-6-14-12(9-13)7-8-16-14/h5-9,11,16H,4,10H2,1-3H3. The van der Waals surface area contributed by atoms with Crippen LogP contribution in [0.15, 0.2) is 30.5 Å². The van der Waals surface area contributed by atoms with E-state index in [2.05, 4.69) is 18.8 Å². The minimum Gasteiger partial charge on any atom is -0.361 e. The Labute approximate surface area is 108 Å². The summed E-state index contributed by atoms with van der Waals surface area (Å²) in [5.74, 6) is 0.610. The second-order valence-corrected chi connectivity index (χ2v) is 5.02. The van der Waals surface area contributed by atoms with Gasteiger partial charge in [0.15, 0.2) is 0 Å². The van der Waals surface area contributed by atoms with E-state index in [0.717, 1.165) is 29.6 Å². The topological polar surface area (TPSA) is 36.1 Å². The molecule has 2 rings (SSSR count). The van der Waals surface area contributed by atoms with Crippen molar-refractivity contribution in [1.82, 2.24) is 9.88 Å². The van der Waals surface area contributed by atoms with Gasteiger partial charge in [-0.15, -0.1) is 0 Å². The van der Waals surface area contributed by atoms with Gasteiger partial charge in [0.25, 0.3) is 5.91 Å². The maximum atomic E-state index is 12.4. The van der Waals surface area contributed by atoms with E-state index in [-0.39, 0.29) is 5.91 Å². The summed E-state index contributed by atoms with van der Waals surface area (Å²) >= 11 is 0. The second kappa shape index (κ2) is 5.25. The zero-order valence-corrected chi connectivity index (χ0v) is 11.2. The molecule has 0 unspecified atom stereocenters. The molecule has 18 heavy (non-hydrogen) atoms. The predicted molar refractivity (Wildman–Crippen MR) is 74.7 cm³/mol. The Hall–Kier alpha value is -1.77. The number of aromatic amines is 1. The summed E-state index contributed by atoms with van der Waals surface area (Å²) in [6.45, 7) is 7.84. The van der Waals surface area contributed by atoms with E-state index in [1.807, 2.05) is 42.3 Å². The van der Waals surface area contributed by atoms with Crippen molar-refractivity contribution in [2.45, 2.75) is 20.8 Å². The van der Waals surface area contributed by atoms with Crippen molar-refractivity contribution in [3.05, 3.63) is 36.0 Å². The van der Waals surface area contributed by atoms with Crippen LogP contribution < -0.4 is 0 Å². The quantitative estimate of drug-likeness (QED) is 0.880. The number of aromatic nitrogens is 1. The molecule has 1 aromatic heterocycles. The fourth-order valence-electron chi connectivity index (χ4n) is 2.17. The number of benzene rings is 1. The van der Waals surface area contributed by atoms with Crippen molar-refractivity contribution < 1.29 is 4.79 Å². The van der Waals surface area contributed by atoms with E-state index in [1.165, 1.54) is 0 Å². The largest absolute Gasteiger partial charge is 0.361 e. The molecule has 0 radical (unpaired) electrons. The minimum absolute atomic E-state index is 0.120. The lowest BCUT2D eigenvalue weighted by Gasteiger charge is -2.23. The molecule has 0 atom stereocenters. The zero-order chi connectivity index (χ0) is 13.1. The number of nitrogens with one attached hydrogen (secondary N) is 1. The highest BCUT2D eigenvalue weighted by Gasteiger charge is 2.15. The van der Waals surface area contributed by atoms with Crippen LogP contribution in [0.2, 0.25) is 0 Å². The normalized spacial score (nSPS) is 11.1. The monoisotopic (exact) mass is 244 g/mol. The SMILES string of the molecule is CCN(CC(C)C)C(=O)c1ccc2[nH]ccc2c1. The van der Waals surface area contributed by atoms with Crippen LogP contribution in [0, 0.1) is 5.92 Å². The Morgan fingerprint density at radius 1 is 1.33 bits per heavy atom. The highest BCUT2D eigenvalue weighted by Crippen LogP contribution is 2.16. The van der Waals surface area contributed by atoms with E-state index in [9.17, 15) is 4.79 Å². The number of carbonyl (C=O) groups is 1. The van der Waals surface area contributed by atoms with Gasteiger partial charge in [0.2, 0.25) is 0 Å². The van der Waals surface area contributed by atoms with Crippen LogP contribution in [0.3, 0.4) is 0 Å². The number of fused-ring (bicyclic) bond motifs is 1. The van der Waals surface area contributed by atoms with E-state index in [0.29, 0.717) is 5.92 Å². The Kier molecular flexibility index (Phi) is 3.70. The van der Waals surface area contributed by atoms with Gasteiger partial charge in [-0.3, -0.25) is 4.79 Å². The number of rotatable bonds is 4. The fourth-order valence-corrected chi connectivity index (χ4v) is 2.17. The van der Waals surface area contributed by atoms with Crippen molar-refractivity contribution in [3.8, 4) is 0 Å². The molecule has 0 aliphatic rings. The maximum Gasteiger partial charge on any atom is 0.253 e. The van der Waals surface area contributed by atoms with Gasteiger partial charge < -0.3 is 9.88 Å². The summed E-state index contributed by atoms with van der Waals surface area (Å²) < 4.78 is 0. The molecule has 0 aliphatic heterocycles. The lowest BCUT2D eigenvalue weighted by molar-refractivity contribution is 0.0746. The Morgan fingerprint density at radius 3 is 2.78 bits per heavy atom. The Morgan fingerprint density at radius 2 is 2.11 bits per heavy atom. The summed E-state index contributed by atoms with van der Waals surface area (Å²) in [6.07, 6.45) is 1.89. The first-order chi connectivity index (χ1) is 8.61. The van der Waals surface area contributed by atoms with Crippen LogP contribution in [0.1, 0.15) is 31.1 Å². The lowest BCUT2D eigenvalue weighted by Crippen LogP contribution is -2.33. The van der Waals surface area contributed by atoms with Gasteiger partial charge in [-0.1, -0.05) is 13.8 Å². The lowest BCUT2D eigenvalue weighted by atomic mass is 10.1. The third-order valence-corrected chi connectivity index (χ3v) is 3.05. The van der Waals surface area contributed by atoms with E-state index in [4.69, 9.17) is 0 Å². The van der Waals surface area contributed by atoms with Crippen LogP contribution in [0.5, 0.6) is 0 Å². The molecule has 1 heterocycles. The Balaban J connectivity index is 2.25. The van der Waals surface area contributed by atoms with Gasteiger partial charge in [0.1, 0.15) is 0 Å². The van der Waals surface area contributed by atoms with Crippen molar-refractivity contribution in [2.24, 2.45) is 5.92 Å². The first-order valence-electron chi connectivity index (χ1n) is 6.48. The van der Waals surface area contributed by atoms with Crippen LogP contribution in [-0.4, -0.2) is 28.9 Å². The molecule has 0 saturated carbocycles. The van der Waals surface area contributed by atoms with Gasteiger partial charge in [0.05, 0.1) is 0 Å². The third kappa shape index (κ3) is 2.55. The molecular formula is C15H20N2O. The summed E-state index contributed by atoms with van der Waals surface area (Å²) in [4.78, 5) is 17.4. The van der Waals surface area contributed by atoms with Gasteiger partial charge >= 0.3 is 0 Å². The molecule has 1 amide bonds. The van der Waals surface area contributed by atoms with Crippen molar-refractivity contribution in [2.75, 3.05) is 13.1 Å². The highest BCUT2D eigenvalue weighted by atomic mass is 16.2. The van der Waals surface area contributed by atoms with Gasteiger partial charge in [-0.25, -0.2) is 0 Å². The van der Waals surface area contributed by atoms with E-state index < -0.39 is 0 Å². The fraction of sp³-hybridized carbons (Fsp3) is 0.400. The average Bonchev–Trinajstić information content (AvgIpc) is 2.81. The molecule has 96 valence electrons. The highest BCUT2D eigenvalue weighted by molar-refractivity contribution is 5.98. The molecule has 0 saturated heterocycles. The molecule has 1 aromatic carbocycles. The maximum absolute atomic E-state index is 12.4. The predicted octanol–water partition coefficient (Wildman–Crippen LogP) is 3.29. The number of hydrogen-bond donors (Lipinski definition) is 1. The van der Waals surface area contributed by atoms with Crippen molar-refractivity contribution in [3.63, 3.8) is 0 Å². The summed E-state index contributed by atoms with van der Waals surface area (Å²) in [6, 6.07) is 7.80. The van der Waals surface area contributed by atoms with Crippen molar-refractivity contribution >= 4 is 16.8 Å². The summed E-state index contributed by atoms with van der Waals surface area (Å²) in [5, 5.41) is 1.08. The minimum atomic E-state index is 0.120. The molecule has 3 nitrogen and oxygen atoms in total. The van der Waals surface area contributed by atoms with Crippen molar-refractivity contribution in [1.29, 1.82) is 0 Å². The first-order valence-corrected chi connectivity index (χ1v) is 6.48. The molecule has 0 aliphatic carbocycles. The molecule has 1 N–H and O–H groups in total. The van der Waals surface area contributed by atoms with Gasteiger partial charge in [-0.2, -0.15) is 0 Å². The first kappa shape index (κ1) is 12.7. The molecular weight excluding hydrogens is 224 g/mol. The molecule has 3 heteroatoms. The van der Waals surface area contributed by atoms with Crippen LogP contribution in [-0.2, 0) is 0 Å². The number of H-pyrrole nitrogens is 1. The average molecular weight is 244 g/mol. The number of carbonyl (C=O) groups excluding carboxylic acids is 1. The summed E-state index contributed by atoms with van der Waals surface area (Å²) in [5.41, 5.74) is 1.84. The number of hydrogen-bond acceptors (Lipinski definition) is 1. The van der Waals surface area contributed by atoms with E-state index >= 15 is 0 Å². The molecule has 0 bridgehead atoms. The zero-order valence-electron chi connectivity index (χ0n) is 11.2. The molecule has 2 aromatic rings. The molecule has 0 spiro atoms. The molecule has 0 fully saturated rings. The number of amides is 1. The smallest absolute Gasteiger partial charge is 0.253 e. The van der Waals surface area contributed by atoms with Crippen LogP contribution in [0.25, 0.3) is 10.9 Å². The second-order valence-electron chi connectivity index (χ2n) is 5.02. The number of nitrogens with zero attached hydrogens (tertiary/aromatic N) is 1.